The van der Waals surface area contributed by atoms with Crippen LogP contribution in [-0.4, -0.2) is 0 Å². The fraction of sp³-hybridized carbons (Fsp3) is 0.0667. The van der Waals surface area contributed by atoms with Gasteiger partial charge in [0.25, 0.3) is 0 Å². The van der Waals surface area contributed by atoms with Gasteiger partial charge in [-0.2, -0.15) is 0 Å². The van der Waals surface area contributed by atoms with Crippen LogP contribution in [0.25, 0.3) is 15.6 Å². The van der Waals surface area contributed by atoms with E-state index in [4.69, 9.17) is 0 Å². The second kappa shape index (κ2) is 4.32. The lowest BCUT2D eigenvalue weighted by molar-refractivity contribution is 0.589. The van der Waals surface area contributed by atoms with Crippen molar-refractivity contribution in [2.75, 3.05) is 0 Å². The maximum absolute atomic E-state index is 13.7. The zero-order valence-corrected chi connectivity index (χ0v) is 11.0. The quantitative estimate of drug-likeness (QED) is 0.701. The molecule has 3 heteroatoms. The Bertz CT molecular complexity index is 639. The zero-order chi connectivity index (χ0) is 12.7. The molecule has 0 heterocycles. The molecule has 90 valence electrons. The van der Waals surface area contributed by atoms with E-state index >= 15 is 0 Å². The van der Waals surface area contributed by atoms with Crippen LogP contribution in [0.1, 0.15) is 11.1 Å². The van der Waals surface area contributed by atoms with Gasteiger partial charge in [-0.1, -0.05) is 40.2 Å². The molecule has 0 spiro atoms. The van der Waals surface area contributed by atoms with Crippen LogP contribution >= 0.6 is 15.9 Å². The van der Waals surface area contributed by atoms with E-state index in [1.165, 1.54) is 23.8 Å². The molecule has 0 nitrogen and oxygen atoms in total. The van der Waals surface area contributed by atoms with Crippen molar-refractivity contribution < 1.29 is 8.78 Å². The minimum atomic E-state index is -0.534. The molecule has 0 unspecified atom stereocenters. The number of fused-ring (bicyclic) bond motifs is 1. The minimum absolute atomic E-state index is 0.0347. The molecule has 1 aliphatic rings. The van der Waals surface area contributed by atoms with Gasteiger partial charge in [0.05, 0.1) is 5.56 Å². The first-order valence-electron chi connectivity index (χ1n) is 5.60. The number of hydrogen-bond donors (Lipinski definition) is 0. The average Bonchev–Trinajstić information content (AvgIpc) is 2.71. The van der Waals surface area contributed by atoms with E-state index in [2.05, 4.69) is 15.9 Å². The fourth-order valence-electron chi connectivity index (χ4n) is 2.22. The lowest BCUT2D eigenvalue weighted by Crippen LogP contribution is -1.91. The first-order valence-corrected chi connectivity index (χ1v) is 6.39. The summed E-state index contributed by atoms with van der Waals surface area (Å²) < 4.78 is 28.4. The molecule has 0 saturated heterocycles. The van der Waals surface area contributed by atoms with Gasteiger partial charge in [-0.05, 0) is 41.3 Å². The van der Waals surface area contributed by atoms with Gasteiger partial charge < -0.3 is 0 Å². The molecule has 0 amide bonds. The Morgan fingerprint density at radius 3 is 2.44 bits per heavy atom. The Balaban J connectivity index is 2.19. The van der Waals surface area contributed by atoms with Crippen LogP contribution < -0.4 is 0 Å². The van der Waals surface area contributed by atoms with E-state index in [-0.39, 0.29) is 5.56 Å². The fourth-order valence-corrected chi connectivity index (χ4v) is 2.75. The number of benzene rings is 2. The van der Waals surface area contributed by atoms with Crippen molar-refractivity contribution in [2.24, 2.45) is 0 Å². The van der Waals surface area contributed by atoms with Crippen LogP contribution in [0.15, 0.2) is 42.5 Å². The number of rotatable bonds is 1. The molecule has 0 atom stereocenters. The van der Waals surface area contributed by atoms with E-state index in [0.29, 0.717) is 5.56 Å². The predicted octanol–water partition coefficient (Wildman–Crippen LogP) is 4.92. The molecule has 0 bridgehead atoms. The van der Waals surface area contributed by atoms with Crippen molar-refractivity contribution in [2.45, 2.75) is 6.42 Å². The van der Waals surface area contributed by atoms with E-state index in [0.717, 1.165) is 16.5 Å². The van der Waals surface area contributed by atoms with Crippen molar-refractivity contribution in [3.8, 4) is 11.1 Å². The van der Waals surface area contributed by atoms with Gasteiger partial charge in [-0.25, -0.2) is 8.78 Å². The summed E-state index contributed by atoms with van der Waals surface area (Å²) in [5.74, 6) is -1.07. The highest BCUT2D eigenvalue weighted by Gasteiger charge is 2.16. The lowest BCUT2D eigenvalue weighted by atomic mass is 9.99. The van der Waals surface area contributed by atoms with Crippen molar-refractivity contribution >= 4 is 20.4 Å². The summed E-state index contributed by atoms with van der Waals surface area (Å²) in [6, 6.07) is 9.43. The Hall–Kier alpha value is -1.48. The number of halogens is 3. The van der Waals surface area contributed by atoms with Gasteiger partial charge in [0.1, 0.15) is 11.6 Å². The lowest BCUT2D eigenvalue weighted by Gasteiger charge is -2.08. The van der Waals surface area contributed by atoms with Gasteiger partial charge in [0, 0.05) is 4.48 Å². The van der Waals surface area contributed by atoms with E-state index in [1.807, 2.05) is 18.2 Å². The van der Waals surface area contributed by atoms with Crippen LogP contribution in [0.5, 0.6) is 0 Å². The first kappa shape index (κ1) is 11.6. The van der Waals surface area contributed by atoms with Crippen molar-refractivity contribution in [3.63, 3.8) is 0 Å². The van der Waals surface area contributed by atoms with Crippen LogP contribution in [0.4, 0.5) is 8.78 Å². The molecule has 0 saturated carbocycles. The maximum Gasteiger partial charge on any atom is 0.133 e. The third kappa shape index (κ3) is 1.79. The standard InChI is InChI=1S/C15H9BrF2/c16-12-7-6-9-4-5-10(8-11(9)12)15-13(17)2-1-3-14(15)18/h1-5,7-8H,6H2. The SMILES string of the molecule is Fc1cccc(F)c1-c1ccc2c(c1)C(Br)=CC2. The largest absolute Gasteiger partial charge is 0.206 e. The van der Waals surface area contributed by atoms with Gasteiger partial charge >= 0.3 is 0 Å². The number of allylic oxidation sites excluding steroid dienone is 1. The molecule has 2 aromatic rings. The van der Waals surface area contributed by atoms with E-state index < -0.39 is 11.6 Å². The summed E-state index contributed by atoms with van der Waals surface area (Å²) in [4.78, 5) is 0. The van der Waals surface area contributed by atoms with E-state index in [1.54, 1.807) is 6.07 Å². The third-order valence-electron chi connectivity index (χ3n) is 3.12. The minimum Gasteiger partial charge on any atom is -0.206 e. The van der Waals surface area contributed by atoms with Crippen molar-refractivity contribution in [3.05, 3.63) is 65.2 Å². The van der Waals surface area contributed by atoms with Crippen LogP contribution in [0, 0.1) is 11.6 Å². The van der Waals surface area contributed by atoms with Gasteiger partial charge in [0.15, 0.2) is 0 Å². The topological polar surface area (TPSA) is 0 Å². The Labute approximate surface area is 112 Å². The monoisotopic (exact) mass is 306 g/mol. The molecule has 1 aliphatic carbocycles. The molecule has 18 heavy (non-hydrogen) atoms. The highest BCUT2D eigenvalue weighted by molar-refractivity contribution is 9.15. The highest BCUT2D eigenvalue weighted by atomic mass is 79.9. The Morgan fingerprint density at radius 2 is 1.72 bits per heavy atom. The van der Waals surface area contributed by atoms with E-state index in [9.17, 15) is 8.78 Å². The van der Waals surface area contributed by atoms with Crippen molar-refractivity contribution in [1.29, 1.82) is 0 Å². The second-order valence-electron chi connectivity index (χ2n) is 4.22. The second-order valence-corrected chi connectivity index (χ2v) is 5.08. The average molecular weight is 307 g/mol. The summed E-state index contributed by atoms with van der Waals surface area (Å²) >= 11 is 3.45. The number of hydrogen-bond acceptors (Lipinski definition) is 0. The van der Waals surface area contributed by atoms with Crippen molar-refractivity contribution in [1.82, 2.24) is 0 Å². The summed E-state index contributed by atoms with van der Waals surface area (Å²) in [7, 11) is 0. The highest BCUT2D eigenvalue weighted by Crippen LogP contribution is 2.36. The third-order valence-corrected chi connectivity index (χ3v) is 3.87. The predicted molar refractivity (Wildman–Crippen MR) is 72.4 cm³/mol. The molecule has 0 aromatic heterocycles. The Kier molecular flexibility index (Phi) is 2.78. The molecule has 0 aliphatic heterocycles. The summed E-state index contributed by atoms with van der Waals surface area (Å²) in [6.45, 7) is 0. The van der Waals surface area contributed by atoms with Crippen LogP contribution in [0.3, 0.4) is 0 Å². The molecule has 0 radical (unpaired) electrons. The van der Waals surface area contributed by atoms with Gasteiger partial charge in [-0.3, -0.25) is 0 Å². The molecular weight excluding hydrogens is 298 g/mol. The smallest absolute Gasteiger partial charge is 0.133 e. The maximum atomic E-state index is 13.7. The Morgan fingerprint density at radius 1 is 1.00 bits per heavy atom. The molecule has 0 fully saturated rings. The van der Waals surface area contributed by atoms with Gasteiger partial charge in [-0.15, -0.1) is 0 Å². The molecule has 3 rings (SSSR count). The molecule has 0 N–H and O–H groups in total. The summed E-state index contributed by atoms with van der Waals surface area (Å²) in [5.41, 5.74) is 2.78. The summed E-state index contributed by atoms with van der Waals surface area (Å²) in [6.07, 6.45) is 2.90. The molecule has 2 aromatic carbocycles. The summed E-state index contributed by atoms with van der Waals surface area (Å²) in [5, 5.41) is 0. The zero-order valence-electron chi connectivity index (χ0n) is 9.38. The van der Waals surface area contributed by atoms with Gasteiger partial charge in [0.2, 0.25) is 0 Å². The van der Waals surface area contributed by atoms with Crippen LogP contribution in [0.2, 0.25) is 0 Å². The first-order chi connectivity index (χ1) is 8.66. The van der Waals surface area contributed by atoms with Crippen LogP contribution in [-0.2, 0) is 6.42 Å². The normalized spacial score (nSPS) is 13.4. The molecular formula is C15H9BrF2.